The summed E-state index contributed by atoms with van der Waals surface area (Å²) in [5.74, 6) is 2.78. The van der Waals surface area contributed by atoms with E-state index in [1.807, 2.05) is 0 Å². The van der Waals surface area contributed by atoms with Gasteiger partial charge in [0.1, 0.15) is 16.8 Å². The van der Waals surface area contributed by atoms with Crippen molar-refractivity contribution < 1.29 is 0 Å². The maximum atomic E-state index is 6.40. The molecule has 1 aliphatic heterocycles. The summed E-state index contributed by atoms with van der Waals surface area (Å²) >= 11 is 6.40. The second kappa shape index (κ2) is 5.42. The van der Waals surface area contributed by atoms with E-state index < -0.39 is 0 Å². The molecule has 3 nitrogen and oxygen atoms in total. The van der Waals surface area contributed by atoms with Crippen LogP contribution in [0.3, 0.4) is 0 Å². The second-order valence-corrected chi connectivity index (χ2v) is 7.99. The predicted molar refractivity (Wildman–Crippen MR) is 88.2 cm³/mol. The molecular weight excluding hydrogens is 282 g/mol. The zero-order valence-electron chi connectivity index (χ0n) is 13.6. The van der Waals surface area contributed by atoms with Gasteiger partial charge in [-0.25, -0.2) is 9.97 Å². The van der Waals surface area contributed by atoms with Crippen LogP contribution >= 0.6 is 11.6 Å². The number of rotatable bonds is 1. The van der Waals surface area contributed by atoms with E-state index in [1.54, 1.807) is 0 Å². The number of halogens is 1. The van der Waals surface area contributed by atoms with Crippen molar-refractivity contribution >= 4 is 17.4 Å². The standard InChI is InChI=1S/C17H26ClN3/c1-11-14(18)19-16(17(2,3)4)20-15(11)21-10-9-12-7-5-6-8-13(12)21/h12-13H,5-10H2,1-4H3. The summed E-state index contributed by atoms with van der Waals surface area (Å²) in [6, 6.07) is 0.663. The van der Waals surface area contributed by atoms with E-state index >= 15 is 0 Å². The molecule has 1 saturated heterocycles. The van der Waals surface area contributed by atoms with Gasteiger partial charge in [0, 0.05) is 23.6 Å². The fourth-order valence-corrected chi connectivity index (χ4v) is 3.93. The van der Waals surface area contributed by atoms with Crippen LogP contribution in [-0.4, -0.2) is 22.6 Å². The van der Waals surface area contributed by atoms with Gasteiger partial charge in [-0.3, -0.25) is 0 Å². The Kier molecular flexibility index (Phi) is 3.89. The average molecular weight is 308 g/mol. The molecule has 3 rings (SSSR count). The Bertz CT molecular complexity index is 536. The van der Waals surface area contributed by atoms with Gasteiger partial charge in [0.2, 0.25) is 0 Å². The van der Waals surface area contributed by atoms with Crippen molar-refractivity contribution in [1.82, 2.24) is 9.97 Å². The fraction of sp³-hybridized carbons (Fsp3) is 0.765. The maximum Gasteiger partial charge on any atom is 0.137 e. The Labute approximate surface area is 133 Å². The molecule has 116 valence electrons. The lowest BCUT2D eigenvalue weighted by Crippen LogP contribution is -2.36. The molecule has 1 aromatic rings. The molecule has 0 bridgehead atoms. The van der Waals surface area contributed by atoms with Crippen molar-refractivity contribution in [2.45, 2.75) is 71.3 Å². The van der Waals surface area contributed by atoms with Crippen molar-refractivity contribution in [3.05, 3.63) is 16.5 Å². The first-order chi connectivity index (χ1) is 9.88. The minimum absolute atomic E-state index is 0.0716. The molecule has 2 aliphatic rings. The van der Waals surface area contributed by atoms with Crippen LogP contribution in [0, 0.1) is 12.8 Å². The lowest BCUT2D eigenvalue weighted by Gasteiger charge is -2.34. The van der Waals surface area contributed by atoms with Crippen LogP contribution in [0.15, 0.2) is 0 Å². The van der Waals surface area contributed by atoms with Crippen molar-refractivity contribution in [3.63, 3.8) is 0 Å². The smallest absolute Gasteiger partial charge is 0.137 e. The molecule has 1 saturated carbocycles. The summed E-state index contributed by atoms with van der Waals surface area (Å²) < 4.78 is 0. The Morgan fingerprint density at radius 2 is 1.81 bits per heavy atom. The maximum absolute atomic E-state index is 6.40. The van der Waals surface area contributed by atoms with Crippen molar-refractivity contribution in [3.8, 4) is 0 Å². The number of aromatic nitrogens is 2. The molecule has 1 aromatic heterocycles. The number of nitrogens with zero attached hydrogens (tertiary/aromatic N) is 3. The fourth-order valence-electron chi connectivity index (χ4n) is 3.76. The van der Waals surface area contributed by atoms with Gasteiger partial charge in [0.05, 0.1) is 0 Å². The summed E-state index contributed by atoms with van der Waals surface area (Å²) in [6.07, 6.45) is 6.73. The highest BCUT2D eigenvalue weighted by Gasteiger charge is 2.37. The van der Waals surface area contributed by atoms with Gasteiger partial charge in [-0.15, -0.1) is 0 Å². The molecule has 0 spiro atoms. The lowest BCUT2D eigenvalue weighted by molar-refractivity contribution is 0.341. The van der Waals surface area contributed by atoms with Crippen LogP contribution in [0.1, 0.15) is 64.3 Å². The quantitative estimate of drug-likeness (QED) is 0.715. The van der Waals surface area contributed by atoms with Gasteiger partial charge in [-0.2, -0.15) is 0 Å². The predicted octanol–water partition coefficient (Wildman–Crippen LogP) is 4.50. The molecular formula is C17H26ClN3. The Balaban J connectivity index is 1.99. The molecule has 0 aromatic carbocycles. The van der Waals surface area contributed by atoms with Crippen LogP contribution in [0.5, 0.6) is 0 Å². The van der Waals surface area contributed by atoms with Crippen LogP contribution in [0.4, 0.5) is 5.82 Å². The average Bonchev–Trinajstić information content (AvgIpc) is 2.84. The summed E-state index contributed by atoms with van der Waals surface area (Å²) in [5, 5.41) is 0.615. The molecule has 2 unspecified atom stereocenters. The lowest BCUT2D eigenvalue weighted by atomic mass is 9.85. The SMILES string of the molecule is Cc1c(Cl)nc(C(C)(C)C)nc1N1CCC2CCCCC21. The third kappa shape index (κ3) is 2.77. The van der Waals surface area contributed by atoms with Crippen molar-refractivity contribution in [2.75, 3.05) is 11.4 Å². The van der Waals surface area contributed by atoms with E-state index in [-0.39, 0.29) is 5.41 Å². The second-order valence-electron chi connectivity index (χ2n) is 7.63. The molecule has 21 heavy (non-hydrogen) atoms. The molecule has 2 atom stereocenters. The van der Waals surface area contributed by atoms with Crippen LogP contribution in [0.2, 0.25) is 5.15 Å². The molecule has 0 N–H and O–H groups in total. The third-order valence-electron chi connectivity index (χ3n) is 5.01. The van der Waals surface area contributed by atoms with E-state index in [1.165, 1.54) is 32.1 Å². The zero-order valence-corrected chi connectivity index (χ0v) is 14.4. The molecule has 1 aliphatic carbocycles. The highest BCUT2D eigenvalue weighted by Crippen LogP contribution is 2.40. The number of hydrogen-bond acceptors (Lipinski definition) is 3. The van der Waals surface area contributed by atoms with Gasteiger partial charge >= 0.3 is 0 Å². The van der Waals surface area contributed by atoms with Crippen LogP contribution in [0.25, 0.3) is 0 Å². The first-order valence-corrected chi connectivity index (χ1v) is 8.57. The first-order valence-electron chi connectivity index (χ1n) is 8.19. The first kappa shape index (κ1) is 15.1. The van der Waals surface area contributed by atoms with Gasteiger partial charge in [0.25, 0.3) is 0 Å². The van der Waals surface area contributed by atoms with Crippen molar-refractivity contribution in [1.29, 1.82) is 0 Å². The summed E-state index contributed by atoms with van der Waals surface area (Å²) in [4.78, 5) is 11.9. The molecule has 0 radical (unpaired) electrons. The molecule has 2 fully saturated rings. The molecule has 2 heterocycles. The van der Waals surface area contributed by atoms with E-state index in [0.29, 0.717) is 11.2 Å². The van der Waals surface area contributed by atoms with Crippen molar-refractivity contribution in [2.24, 2.45) is 5.92 Å². The van der Waals surface area contributed by atoms with Crippen LogP contribution in [-0.2, 0) is 5.41 Å². The third-order valence-corrected chi connectivity index (χ3v) is 5.38. The summed E-state index contributed by atoms with van der Waals surface area (Å²) in [6.45, 7) is 9.61. The highest BCUT2D eigenvalue weighted by atomic mass is 35.5. The normalized spacial score (nSPS) is 26.0. The van der Waals surface area contributed by atoms with E-state index in [9.17, 15) is 0 Å². The Morgan fingerprint density at radius 3 is 2.52 bits per heavy atom. The molecule has 0 amide bonds. The van der Waals surface area contributed by atoms with E-state index in [4.69, 9.17) is 16.6 Å². The zero-order chi connectivity index (χ0) is 15.2. The monoisotopic (exact) mass is 307 g/mol. The Morgan fingerprint density at radius 1 is 1.10 bits per heavy atom. The molecule has 4 heteroatoms. The van der Waals surface area contributed by atoms with Gasteiger partial charge < -0.3 is 4.90 Å². The van der Waals surface area contributed by atoms with E-state index in [2.05, 4.69) is 37.6 Å². The largest absolute Gasteiger partial charge is 0.353 e. The number of anilines is 1. The minimum Gasteiger partial charge on any atom is -0.353 e. The highest BCUT2D eigenvalue weighted by molar-refractivity contribution is 6.30. The van der Waals surface area contributed by atoms with Gasteiger partial charge in [-0.1, -0.05) is 45.2 Å². The topological polar surface area (TPSA) is 29.0 Å². The summed E-state index contributed by atoms with van der Waals surface area (Å²) in [5.41, 5.74) is 0.966. The number of hydrogen-bond donors (Lipinski definition) is 0. The van der Waals surface area contributed by atoms with E-state index in [0.717, 1.165) is 29.7 Å². The van der Waals surface area contributed by atoms with Gasteiger partial charge in [-0.05, 0) is 32.1 Å². The van der Waals surface area contributed by atoms with Crippen LogP contribution < -0.4 is 4.90 Å². The minimum atomic E-state index is -0.0716. The van der Waals surface area contributed by atoms with Gasteiger partial charge in [0.15, 0.2) is 0 Å². The Hall–Kier alpha value is -0.830. The summed E-state index contributed by atoms with van der Waals surface area (Å²) in [7, 11) is 0. The number of fused-ring (bicyclic) bond motifs is 1.